The highest BCUT2D eigenvalue weighted by atomic mass is 32.1. The fraction of sp³-hybridized carbons (Fsp3) is 0.750. The number of thiazole rings is 1. The van der Waals surface area contributed by atoms with Crippen LogP contribution in [0.2, 0.25) is 0 Å². The van der Waals surface area contributed by atoms with Gasteiger partial charge in [-0.2, -0.15) is 0 Å². The Morgan fingerprint density at radius 1 is 1.40 bits per heavy atom. The predicted molar refractivity (Wildman–Crippen MR) is 67.2 cm³/mol. The van der Waals surface area contributed by atoms with Gasteiger partial charge in [-0.15, -0.1) is 11.3 Å². The van der Waals surface area contributed by atoms with Gasteiger partial charge in [-0.25, -0.2) is 4.98 Å². The zero-order valence-corrected chi connectivity index (χ0v) is 11.2. The largest absolute Gasteiger partial charge is 0.322 e. The van der Waals surface area contributed by atoms with Crippen LogP contribution in [-0.2, 0) is 6.42 Å². The number of aryl methyl sites for hydroxylation is 2. The summed E-state index contributed by atoms with van der Waals surface area (Å²) in [6.07, 6.45) is 1.99. The van der Waals surface area contributed by atoms with E-state index in [-0.39, 0.29) is 11.5 Å². The molecule has 0 aliphatic carbocycles. The molecule has 0 saturated heterocycles. The van der Waals surface area contributed by atoms with Crippen molar-refractivity contribution in [2.24, 2.45) is 11.1 Å². The number of rotatable bonds is 3. The van der Waals surface area contributed by atoms with Gasteiger partial charge in [0, 0.05) is 4.88 Å². The summed E-state index contributed by atoms with van der Waals surface area (Å²) in [6, 6.07) is 0.0917. The molecule has 3 heteroatoms. The summed E-state index contributed by atoms with van der Waals surface area (Å²) >= 11 is 1.75. The molecule has 0 aromatic carbocycles. The maximum absolute atomic E-state index is 6.17. The van der Waals surface area contributed by atoms with Crippen LogP contribution in [0, 0.1) is 12.3 Å². The van der Waals surface area contributed by atoms with E-state index in [4.69, 9.17) is 5.73 Å². The lowest BCUT2D eigenvalue weighted by atomic mass is 9.88. The molecule has 0 aliphatic rings. The molecule has 1 aromatic heterocycles. The summed E-state index contributed by atoms with van der Waals surface area (Å²) in [6.45, 7) is 10.9. The van der Waals surface area contributed by atoms with E-state index < -0.39 is 0 Å². The molecule has 0 aliphatic heterocycles. The molecule has 0 amide bonds. The van der Waals surface area contributed by atoms with Gasteiger partial charge in [0.05, 0.1) is 11.7 Å². The zero-order valence-electron chi connectivity index (χ0n) is 10.4. The maximum Gasteiger partial charge on any atom is 0.110 e. The van der Waals surface area contributed by atoms with Crippen LogP contribution in [-0.4, -0.2) is 4.98 Å². The topological polar surface area (TPSA) is 38.9 Å². The highest BCUT2D eigenvalue weighted by Crippen LogP contribution is 2.30. The Balaban J connectivity index is 2.78. The third-order valence-corrected chi connectivity index (χ3v) is 3.54. The standard InChI is InChI=1S/C12H22N2S/c1-6-10-8(2)15-11(14-10)9(13)7-12(3,4)5/h9H,6-7,13H2,1-5H3. The van der Waals surface area contributed by atoms with Crippen molar-refractivity contribution >= 4 is 11.3 Å². The quantitative estimate of drug-likeness (QED) is 0.857. The molecule has 2 N–H and O–H groups in total. The summed E-state index contributed by atoms with van der Waals surface area (Å²) in [5.74, 6) is 0. The SMILES string of the molecule is CCc1nc(C(N)CC(C)(C)C)sc1C. The molecule has 1 aromatic rings. The van der Waals surface area contributed by atoms with Crippen molar-refractivity contribution < 1.29 is 0 Å². The van der Waals surface area contributed by atoms with E-state index in [1.54, 1.807) is 11.3 Å². The highest BCUT2D eigenvalue weighted by molar-refractivity contribution is 7.11. The number of hydrogen-bond acceptors (Lipinski definition) is 3. The third-order valence-electron chi connectivity index (χ3n) is 2.39. The van der Waals surface area contributed by atoms with E-state index in [9.17, 15) is 0 Å². The van der Waals surface area contributed by atoms with E-state index >= 15 is 0 Å². The summed E-state index contributed by atoms with van der Waals surface area (Å²) < 4.78 is 0. The summed E-state index contributed by atoms with van der Waals surface area (Å²) in [5.41, 5.74) is 7.64. The van der Waals surface area contributed by atoms with Gasteiger partial charge in [0.2, 0.25) is 0 Å². The van der Waals surface area contributed by atoms with Gasteiger partial charge in [0.15, 0.2) is 0 Å². The molecule has 0 bridgehead atoms. The van der Waals surface area contributed by atoms with Gasteiger partial charge in [-0.3, -0.25) is 0 Å². The molecule has 2 nitrogen and oxygen atoms in total. The molecule has 0 spiro atoms. The lowest BCUT2D eigenvalue weighted by Crippen LogP contribution is -2.18. The normalized spacial score (nSPS) is 14.3. The molecule has 0 radical (unpaired) electrons. The number of nitrogens with zero attached hydrogens (tertiary/aromatic N) is 1. The molecule has 86 valence electrons. The van der Waals surface area contributed by atoms with Crippen molar-refractivity contribution in [2.45, 2.75) is 53.5 Å². The third kappa shape index (κ3) is 3.58. The average Bonchev–Trinajstić information content (AvgIpc) is 2.43. The molecule has 1 heterocycles. The molecule has 1 unspecified atom stereocenters. The molecule has 15 heavy (non-hydrogen) atoms. The number of nitrogens with two attached hydrogens (primary N) is 1. The summed E-state index contributed by atoms with van der Waals surface area (Å²) in [5, 5.41) is 1.10. The van der Waals surface area contributed by atoms with Crippen molar-refractivity contribution in [3.63, 3.8) is 0 Å². The van der Waals surface area contributed by atoms with Gasteiger partial charge in [-0.05, 0) is 25.2 Å². The van der Waals surface area contributed by atoms with Crippen LogP contribution in [0.25, 0.3) is 0 Å². The fourth-order valence-electron chi connectivity index (χ4n) is 1.68. The average molecular weight is 226 g/mol. The molecular weight excluding hydrogens is 204 g/mol. The van der Waals surface area contributed by atoms with Crippen LogP contribution in [0.3, 0.4) is 0 Å². The Bertz CT molecular complexity index is 323. The lowest BCUT2D eigenvalue weighted by molar-refractivity contribution is 0.342. The Hall–Kier alpha value is -0.410. The van der Waals surface area contributed by atoms with Crippen molar-refractivity contribution in [3.8, 4) is 0 Å². The van der Waals surface area contributed by atoms with Gasteiger partial charge in [-0.1, -0.05) is 27.7 Å². The van der Waals surface area contributed by atoms with E-state index in [2.05, 4.69) is 39.6 Å². The Morgan fingerprint density at radius 3 is 2.40 bits per heavy atom. The minimum Gasteiger partial charge on any atom is -0.322 e. The second-order valence-corrected chi connectivity index (χ2v) is 6.51. The fourth-order valence-corrected chi connectivity index (χ4v) is 2.70. The predicted octanol–water partition coefficient (Wildman–Crippen LogP) is 3.45. The van der Waals surface area contributed by atoms with Crippen molar-refractivity contribution in [2.75, 3.05) is 0 Å². The summed E-state index contributed by atoms with van der Waals surface area (Å²) in [7, 11) is 0. The van der Waals surface area contributed by atoms with E-state index in [0.29, 0.717) is 0 Å². The lowest BCUT2D eigenvalue weighted by Gasteiger charge is -2.21. The van der Waals surface area contributed by atoms with Crippen molar-refractivity contribution in [1.82, 2.24) is 4.98 Å². The first kappa shape index (κ1) is 12.7. The van der Waals surface area contributed by atoms with Crippen LogP contribution >= 0.6 is 11.3 Å². The van der Waals surface area contributed by atoms with E-state index in [0.717, 1.165) is 17.8 Å². The first-order chi connectivity index (χ1) is 6.83. The van der Waals surface area contributed by atoms with Gasteiger partial charge in [0.1, 0.15) is 5.01 Å². The van der Waals surface area contributed by atoms with Gasteiger partial charge >= 0.3 is 0 Å². The Kier molecular flexibility index (Phi) is 3.90. The van der Waals surface area contributed by atoms with Gasteiger partial charge < -0.3 is 5.73 Å². The second-order valence-electron chi connectivity index (χ2n) is 5.28. The molecule has 0 saturated carbocycles. The van der Waals surface area contributed by atoms with Gasteiger partial charge in [0.25, 0.3) is 0 Å². The second kappa shape index (κ2) is 4.62. The minimum atomic E-state index is 0.0917. The Morgan fingerprint density at radius 2 is 2.00 bits per heavy atom. The maximum atomic E-state index is 6.17. The van der Waals surface area contributed by atoms with Crippen molar-refractivity contribution in [3.05, 3.63) is 15.6 Å². The molecule has 1 rings (SSSR count). The molecule has 1 atom stereocenters. The number of hydrogen-bond donors (Lipinski definition) is 1. The van der Waals surface area contributed by atoms with Crippen LogP contribution in [0.4, 0.5) is 0 Å². The molecular formula is C12H22N2S. The van der Waals surface area contributed by atoms with Crippen LogP contribution in [0.5, 0.6) is 0 Å². The number of aromatic nitrogens is 1. The van der Waals surface area contributed by atoms with E-state index in [1.807, 2.05) is 0 Å². The van der Waals surface area contributed by atoms with Crippen LogP contribution in [0.15, 0.2) is 0 Å². The summed E-state index contributed by atoms with van der Waals surface area (Å²) in [4.78, 5) is 5.92. The van der Waals surface area contributed by atoms with E-state index in [1.165, 1.54) is 10.6 Å². The van der Waals surface area contributed by atoms with Crippen LogP contribution < -0.4 is 5.73 Å². The monoisotopic (exact) mass is 226 g/mol. The van der Waals surface area contributed by atoms with Crippen LogP contribution in [0.1, 0.15) is 55.7 Å². The minimum absolute atomic E-state index is 0.0917. The highest BCUT2D eigenvalue weighted by Gasteiger charge is 2.20. The molecule has 0 fully saturated rings. The van der Waals surface area contributed by atoms with Crippen molar-refractivity contribution in [1.29, 1.82) is 0 Å². The smallest absolute Gasteiger partial charge is 0.110 e. The zero-order chi connectivity index (χ0) is 11.6. The first-order valence-corrected chi connectivity index (χ1v) is 6.37. The first-order valence-electron chi connectivity index (χ1n) is 5.55. The Labute approximate surface area is 96.9 Å².